The molecule has 3 heterocycles. The molecule has 0 unspecified atom stereocenters. The van der Waals surface area contributed by atoms with Gasteiger partial charge in [-0.1, -0.05) is 24.3 Å². The van der Waals surface area contributed by atoms with E-state index in [2.05, 4.69) is 25.1 Å². The molecule has 0 saturated carbocycles. The number of aryl methyl sites for hydroxylation is 1. The van der Waals surface area contributed by atoms with Gasteiger partial charge in [0.2, 0.25) is 5.91 Å². The maximum atomic E-state index is 12.9. The highest BCUT2D eigenvalue weighted by Crippen LogP contribution is 2.39. The Labute approximate surface area is 232 Å². The second-order valence-corrected chi connectivity index (χ2v) is 9.66. The molecular weight excluding hydrogens is 510 g/mol. The van der Waals surface area contributed by atoms with Gasteiger partial charge in [-0.25, -0.2) is 4.79 Å². The van der Waals surface area contributed by atoms with Gasteiger partial charge in [0, 0.05) is 42.4 Å². The average Bonchev–Trinajstić information content (AvgIpc) is 3.57. The average molecular weight is 540 g/mol. The number of para-hydroxylation sites is 1. The summed E-state index contributed by atoms with van der Waals surface area (Å²) in [7, 11) is 1.36. The molecule has 0 aliphatic carbocycles. The molecule has 1 fully saturated rings. The molecule has 1 amide bonds. The number of anilines is 1. The number of methoxy groups -OCH3 is 1. The Kier molecular flexibility index (Phi) is 7.69. The number of pyridine rings is 1. The maximum absolute atomic E-state index is 12.9. The number of benzene rings is 2. The Morgan fingerprint density at radius 1 is 1.03 bits per heavy atom. The summed E-state index contributed by atoms with van der Waals surface area (Å²) in [4.78, 5) is 31.5. The lowest BCUT2D eigenvalue weighted by atomic mass is 10.0. The Balaban J connectivity index is 1.44. The minimum atomic E-state index is -0.384. The van der Waals surface area contributed by atoms with E-state index in [0.717, 1.165) is 28.3 Å². The molecule has 39 heavy (non-hydrogen) atoms. The first kappa shape index (κ1) is 26.1. The van der Waals surface area contributed by atoms with Crippen molar-refractivity contribution in [3.05, 3.63) is 114 Å². The van der Waals surface area contributed by atoms with Crippen molar-refractivity contribution in [3.8, 4) is 5.69 Å². The van der Waals surface area contributed by atoms with E-state index in [-0.39, 0.29) is 30.4 Å². The lowest BCUT2D eigenvalue weighted by molar-refractivity contribution is -0.116. The van der Waals surface area contributed by atoms with Crippen molar-refractivity contribution in [2.24, 2.45) is 0 Å². The molecule has 8 nitrogen and oxygen atoms in total. The van der Waals surface area contributed by atoms with E-state index in [1.165, 1.54) is 7.11 Å². The van der Waals surface area contributed by atoms with Crippen LogP contribution in [0.15, 0.2) is 91.3 Å². The van der Waals surface area contributed by atoms with Crippen LogP contribution in [0, 0.1) is 6.92 Å². The van der Waals surface area contributed by atoms with Crippen molar-refractivity contribution in [1.29, 1.82) is 0 Å². The standard InChI is InChI=1S/C30H29N5O3S/c1-20-8-3-4-9-23(20)32-26(36)16-19-35-28(27(33-30(35)39)24-10-5-6-17-31-24)25-11-7-18-34(25)22-14-12-21(13-15-22)29(37)38-2/h3-15,17-18,27-28H,16,19H2,1-2H3,(H,32,36)(H,33,39)/t27-,28-/m0/s1. The number of esters is 1. The molecule has 0 bridgehead atoms. The van der Waals surface area contributed by atoms with Gasteiger partial charge in [0.05, 0.1) is 30.5 Å². The number of aromatic nitrogens is 2. The van der Waals surface area contributed by atoms with Crippen LogP contribution in [0.2, 0.25) is 0 Å². The summed E-state index contributed by atoms with van der Waals surface area (Å²) >= 11 is 5.78. The number of thiocarbonyl (C=S) groups is 1. The van der Waals surface area contributed by atoms with E-state index >= 15 is 0 Å². The SMILES string of the molecule is COC(=O)c1ccc(-n2cccc2[C@H]2[C@H](c3ccccn3)NC(=S)N2CCC(=O)Nc2ccccc2C)cc1. The van der Waals surface area contributed by atoms with Crippen LogP contribution in [0.4, 0.5) is 5.69 Å². The lowest BCUT2D eigenvalue weighted by Crippen LogP contribution is -2.33. The molecular formula is C30H29N5O3S. The summed E-state index contributed by atoms with van der Waals surface area (Å²) in [6.45, 7) is 2.39. The highest BCUT2D eigenvalue weighted by atomic mass is 32.1. The predicted octanol–water partition coefficient (Wildman–Crippen LogP) is 4.97. The molecule has 5 rings (SSSR count). The molecule has 2 aromatic carbocycles. The molecule has 1 aliphatic rings. The first-order valence-electron chi connectivity index (χ1n) is 12.7. The van der Waals surface area contributed by atoms with Crippen LogP contribution in [-0.2, 0) is 9.53 Å². The maximum Gasteiger partial charge on any atom is 0.337 e. The van der Waals surface area contributed by atoms with E-state index < -0.39 is 0 Å². The zero-order valence-electron chi connectivity index (χ0n) is 21.7. The summed E-state index contributed by atoms with van der Waals surface area (Å²) in [5, 5.41) is 7.02. The summed E-state index contributed by atoms with van der Waals surface area (Å²) < 4.78 is 6.90. The molecule has 2 aromatic heterocycles. The first-order chi connectivity index (χ1) is 19.0. The van der Waals surface area contributed by atoms with Gasteiger partial charge in [0.15, 0.2) is 5.11 Å². The largest absolute Gasteiger partial charge is 0.465 e. The molecule has 2 N–H and O–H groups in total. The van der Waals surface area contributed by atoms with Gasteiger partial charge >= 0.3 is 5.97 Å². The second kappa shape index (κ2) is 11.5. The zero-order chi connectivity index (χ0) is 27.4. The molecule has 0 radical (unpaired) electrons. The smallest absolute Gasteiger partial charge is 0.337 e. The van der Waals surface area contributed by atoms with Crippen LogP contribution < -0.4 is 10.6 Å². The normalized spacial score (nSPS) is 16.6. The van der Waals surface area contributed by atoms with Crippen molar-refractivity contribution >= 4 is 34.9 Å². The number of carbonyl (C=O) groups is 2. The Hall–Kier alpha value is -4.50. The number of rotatable bonds is 8. The molecule has 9 heteroatoms. The van der Waals surface area contributed by atoms with Crippen LogP contribution in [0.25, 0.3) is 5.69 Å². The third-order valence-electron chi connectivity index (χ3n) is 6.85. The Morgan fingerprint density at radius 3 is 2.51 bits per heavy atom. The number of nitrogens with zero attached hydrogens (tertiary/aromatic N) is 3. The Morgan fingerprint density at radius 2 is 1.79 bits per heavy atom. The fraction of sp³-hybridized carbons (Fsp3) is 0.200. The van der Waals surface area contributed by atoms with Crippen LogP contribution in [0.1, 0.15) is 45.8 Å². The summed E-state index contributed by atoms with van der Waals surface area (Å²) in [5.41, 5.74) is 5.00. The number of ether oxygens (including phenoxy) is 1. The highest BCUT2D eigenvalue weighted by Gasteiger charge is 2.41. The van der Waals surface area contributed by atoms with Crippen molar-refractivity contribution in [3.63, 3.8) is 0 Å². The van der Waals surface area contributed by atoms with Crippen molar-refractivity contribution in [2.45, 2.75) is 25.4 Å². The van der Waals surface area contributed by atoms with E-state index in [9.17, 15) is 9.59 Å². The summed E-state index contributed by atoms with van der Waals surface area (Å²) in [6, 6.07) is 24.3. The zero-order valence-corrected chi connectivity index (χ0v) is 22.5. The quantitative estimate of drug-likeness (QED) is 0.241. The molecule has 1 aliphatic heterocycles. The fourth-order valence-electron chi connectivity index (χ4n) is 4.86. The van der Waals surface area contributed by atoms with Gasteiger partial charge in [0.1, 0.15) is 0 Å². The van der Waals surface area contributed by atoms with Gasteiger partial charge in [-0.15, -0.1) is 0 Å². The molecule has 198 valence electrons. The molecule has 4 aromatic rings. The van der Waals surface area contributed by atoms with Crippen LogP contribution in [-0.4, -0.2) is 45.1 Å². The van der Waals surface area contributed by atoms with E-state index in [0.29, 0.717) is 17.2 Å². The van der Waals surface area contributed by atoms with Crippen LogP contribution in [0.3, 0.4) is 0 Å². The third-order valence-corrected chi connectivity index (χ3v) is 7.20. The lowest BCUT2D eigenvalue weighted by Gasteiger charge is -2.29. The highest BCUT2D eigenvalue weighted by molar-refractivity contribution is 7.80. The summed E-state index contributed by atoms with van der Waals surface area (Å²) in [5.74, 6) is -0.467. The minimum Gasteiger partial charge on any atom is -0.465 e. The van der Waals surface area contributed by atoms with Gasteiger partial charge in [-0.05, 0) is 79.3 Å². The van der Waals surface area contributed by atoms with E-state index in [4.69, 9.17) is 17.0 Å². The van der Waals surface area contributed by atoms with Gasteiger partial charge < -0.3 is 24.8 Å². The molecule has 1 saturated heterocycles. The Bertz CT molecular complexity index is 1490. The van der Waals surface area contributed by atoms with Crippen LogP contribution >= 0.6 is 12.2 Å². The van der Waals surface area contributed by atoms with Crippen molar-refractivity contribution < 1.29 is 14.3 Å². The van der Waals surface area contributed by atoms with Gasteiger partial charge in [0.25, 0.3) is 0 Å². The van der Waals surface area contributed by atoms with Gasteiger partial charge in [-0.2, -0.15) is 0 Å². The molecule has 0 spiro atoms. The number of carbonyl (C=O) groups excluding carboxylic acids is 2. The summed E-state index contributed by atoms with van der Waals surface area (Å²) in [6.07, 6.45) is 4.00. The minimum absolute atomic E-state index is 0.0825. The number of hydrogen-bond donors (Lipinski definition) is 2. The third kappa shape index (κ3) is 5.53. The second-order valence-electron chi connectivity index (χ2n) is 9.27. The topological polar surface area (TPSA) is 88.5 Å². The first-order valence-corrected chi connectivity index (χ1v) is 13.1. The molecule has 2 atom stereocenters. The van der Waals surface area contributed by atoms with E-state index in [1.807, 2.05) is 79.9 Å². The number of hydrogen-bond acceptors (Lipinski definition) is 5. The monoisotopic (exact) mass is 539 g/mol. The van der Waals surface area contributed by atoms with E-state index in [1.54, 1.807) is 18.3 Å². The van der Waals surface area contributed by atoms with Crippen LogP contribution in [0.5, 0.6) is 0 Å². The van der Waals surface area contributed by atoms with Crippen molar-refractivity contribution in [1.82, 2.24) is 19.8 Å². The van der Waals surface area contributed by atoms with Crippen molar-refractivity contribution in [2.75, 3.05) is 19.0 Å². The fourth-order valence-corrected chi connectivity index (χ4v) is 5.19. The number of amides is 1. The number of nitrogens with one attached hydrogen (secondary N) is 2. The van der Waals surface area contributed by atoms with Gasteiger partial charge in [-0.3, -0.25) is 9.78 Å². The predicted molar refractivity (Wildman–Crippen MR) is 154 cm³/mol.